The topological polar surface area (TPSA) is 103 Å². The van der Waals surface area contributed by atoms with Gasteiger partial charge in [-0.25, -0.2) is 23.2 Å². The van der Waals surface area contributed by atoms with Crippen LogP contribution in [-0.2, 0) is 23.7 Å². The number of carbonyl (C=O) groups is 3. The van der Waals surface area contributed by atoms with Gasteiger partial charge in [-0.1, -0.05) is 61.2 Å². The third-order valence-corrected chi connectivity index (χ3v) is 6.65. The number of alkyl halides is 2. The third-order valence-electron chi connectivity index (χ3n) is 6.65. The highest BCUT2D eigenvalue weighted by atomic mass is 19.3. The Bertz CT molecular complexity index is 1180. The van der Waals surface area contributed by atoms with Crippen LogP contribution in [0.5, 0.6) is 0 Å². The summed E-state index contributed by atoms with van der Waals surface area (Å²) >= 11 is 0. The number of hydrogen-bond donors (Lipinski definition) is 1. The van der Waals surface area contributed by atoms with Crippen molar-refractivity contribution in [2.24, 2.45) is 0 Å². The van der Waals surface area contributed by atoms with Crippen molar-refractivity contribution in [2.75, 3.05) is 40.1 Å². The molecule has 2 aromatic rings. The van der Waals surface area contributed by atoms with Gasteiger partial charge in [0.15, 0.2) is 6.04 Å². The number of rotatable bonds is 10. The molecule has 208 valence electrons. The Morgan fingerprint density at radius 1 is 1.08 bits per heavy atom. The molecule has 2 aliphatic rings. The average Bonchev–Trinajstić information content (AvgIpc) is 3.42. The summed E-state index contributed by atoms with van der Waals surface area (Å²) in [6.07, 6.45) is -1.08. The standard InChI is InChI=1S/C28H30F2N2O7/c1-3-12-38-27(35)32-17-28(29,30)13-18(32)14-37-16-24(25(33)36-2)31-26(34)39-15-23-21-10-6-4-8-19(21)20-9-5-7-11-22(20)23/h3-11,18,23-24H,1,12-17H2,2H3,(H,31,34)/t18-,24-/m0/s1. The molecule has 0 unspecified atom stereocenters. The molecule has 0 spiro atoms. The number of carbonyl (C=O) groups excluding carboxylic acids is 3. The molecule has 0 radical (unpaired) electrons. The van der Waals surface area contributed by atoms with Crippen LogP contribution in [-0.4, -0.2) is 81.1 Å². The van der Waals surface area contributed by atoms with Crippen molar-refractivity contribution in [3.63, 3.8) is 0 Å². The molecule has 39 heavy (non-hydrogen) atoms. The zero-order valence-electron chi connectivity index (χ0n) is 21.4. The monoisotopic (exact) mass is 544 g/mol. The fraction of sp³-hybridized carbons (Fsp3) is 0.393. The summed E-state index contributed by atoms with van der Waals surface area (Å²) in [7, 11) is 1.14. The lowest BCUT2D eigenvalue weighted by atomic mass is 9.98. The lowest BCUT2D eigenvalue weighted by Crippen LogP contribution is -2.46. The lowest BCUT2D eigenvalue weighted by Gasteiger charge is -2.24. The van der Waals surface area contributed by atoms with Gasteiger partial charge >= 0.3 is 18.2 Å². The quantitative estimate of drug-likeness (QED) is 0.273. The van der Waals surface area contributed by atoms with Crippen LogP contribution >= 0.6 is 0 Å². The van der Waals surface area contributed by atoms with Gasteiger partial charge in [0.25, 0.3) is 5.92 Å². The Morgan fingerprint density at radius 2 is 1.72 bits per heavy atom. The normalized spacial score (nSPS) is 18.0. The first-order chi connectivity index (χ1) is 18.7. The van der Waals surface area contributed by atoms with Crippen LogP contribution in [0.25, 0.3) is 11.1 Å². The molecular weight excluding hydrogens is 514 g/mol. The fourth-order valence-electron chi connectivity index (χ4n) is 4.89. The first-order valence-corrected chi connectivity index (χ1v) is 12.4. The molecule has 0 bridgehead atoms. The summed E-state index contributed by atoms with van der Waals surface area (Å²) in [5, 5.41) is 2.42. The highest BCUT2D eigenvalue weighted by Gasteiger charge is 2.47. The molecule has 1 fully saturated rings. The van der Waals surface area contributed by atoms with Crippen molar-refractivity contribution in [1.82, 2.24) is 10.2 Å². The molecule has 2 atom stereocenters. The van der Waals surface area contributed by atoms with Gasteiger partial charge in [0.2, 0.25) is 0 Å². The lowest BCUT2D eigenvalue weighted by molar-refractivity contribution is -0.144. The predicted octanol–water partition coefficient (Wildman–Crippen LogP) is 4.12. The second kappa shape index (κ2) is 12.2. The van der Waals surface area contributed by atoms with Crippen LogP contribution in [0, 0.1) is 0 Å². The molecule has 4 rings (SSSR count). The predicted molar refractivity (Wildman–Crippen MR) is 136 cm³/mol. The Hall–Kier alpha value is -3.99. The number of amides is 2. The Balaban J connectivity index is 1.33. The first-order valence-electron chi connectivity index (χ1n) is 12.4. The van der Waals surface area contributed by atoms with Gasteiger partial charge in [-0.05, 0) is 22.3 Å². The van der Waals surface area contributed by atoms with E-state index in [0.717, 1.165) is 34.3 Å². The van der Waals surface area contributed by atoms with Crippen LogP contribution in [0.15, 0.2) is 61.2 Å². The van der Waals surface area contributed by atoms with E-state index in [4.69, 9.17) is 18.9 Å². The highest BCUT2D eigenvalue weighted by molar-refractivity contribution is 5.82. The molecule has 9 nitrogen and oxygen atoms in total. The second-order valence-corrected chi connectivity index (χ2v) is 9.29. The smallest absolute Gasteiger partial charge is 0.410 e. The van der Waals surface area contributed by atoms with E-state index in [2.05, 4.69) is 11.9 Å². The van der Waals surface area contributed by atoms with Gasteiger partial charge < -0.3 is 24.3 Å². The number of alkyl carbamates (subject to hydrolysis) is 1. The number of methoxy groups -OCH3 is 1. The summed E-state index contributed by atoms with van der Waals surface area (Å²) in [6, 6.07) is 13.5. The van der Waals surface area contributed by atoms with Crippen LogP contribution in [0.3, 0.4) is 0 Å². The minimum Gasteiger partial charge on any atom is -0.467 e. The number of hydrogen-bond acceptors (Lipinski definition) is 7. The second-order valence-electron chi connectivity index (χ2n) is 9.29. The maximum Gasteiger partial charge on any atom is 0.410 e. The molecule has 0 aromatic heterocycles. The van der Waals surface area contributed by atoms with E-state index >= 15 is 0 Å². The summed E-state index contributed by atoms with van der Waals surface area (Å²) in [5.41, 5.74) is 4.21. The van der Waals surface area contributed by atoms with Crippen molar-refractivity contribution in [3.05, 3.63) is 72.3 Å². The zero-order chi connectivity index (χ0) is 28.0. The summed E-state index contributed by atoms with van der Waals surface area (Å²) in [5.74, 6) is -4.09. The molecule has 1 N–H and O–H groups in total. The van der Waals surface area contributed by atoms with E-state index in [9.17, 15) is 23.2 Å². The number of benzene rings is 2. The summed E-state index contributed by atoms with van der Waals surface area (Å²) < 4.78 is 48.6. The summed E-state index contributed by atoms with van der Waals surface area (Å²) in [4.78, 5) is 37.9. The van der Waals surface area contributed by atoms with Gasteiger partial charge in [0, 0.05) is 12.3 Å². The Morgan fingerprint density at radius 3 is 2.33 bits per heavy atom. The van der Waals surface area contributed by atoms with Gasteiger partial charge in [-0.15, -0.1) is 0 Å². The van der Waals surface area contributed by atoms with Crippen molar-refractivity contribution >= 4 is 18.2 Å². The molecule has 1 aliphatic heterocycles. The molecule has 2 amide bonds. The molecule has 1 saturated heterocycles. The highest BCUT2D eigenvalue weighted by Crippen LogP contribution is 2.44. The Kier molecular flexibility index (Phi) is 8.80. The number of likely N-dealkylation sites (tertiary alicyclic amines) is 1. The van der Waals surface area contributed by atoms with Gasteiger partial charge in [0.05, 0.1) is 32.9 Å². The molecule has 11 heteroatoms. The van der Waals surface area contributed by atoms with E-state index in [1.165, 1.54) is 6.08 Å². The molecule has 0 saturated carbocycles. The van der Waals surface area contributed by atoms with E-state index < -0.39 is 49.1 Å². The SMILES string of the molecule is C=CCOC(=O)N1CC(F)(F)C[C@H]1COC[C@H](NC(=O)OCC1c2ccccc2-c2ccccc21)C(=O)OC. The third kappa shape index (κ3) is 6.54. The fourth-order valence-corrected chi connectivity index (χ4v) is 4.89. The van der Waals surface area contributed by atoms with Gasteiger partial charge in [-0.3, -0.25) is 4.90 Å². The number of halogens is 2. The summed E-state index contributed by atoms with van der Waals surface area (Å²) in [6.45, 7) is 1.84. The van der Waals surface area contributed by atoms with E-state index in [1.54, 1.807) is 0 Å². The molecular formula is C28H30F2N2O7. The molecule has 1 heterocycles. The van der Waals surface area contributed by atoms with E-state index in [1.807, 2.05) is 48.5 Å². The van der Waals surface area contributed by atoms with Gasteiger partial charge in [0.1, 0.15) is 13.2 Å². The number of nitrogens with one attached hydrogen (secondary N) is 1. The minimum absolute atomic E-state index is 0.0353. The van der Waals surface area contributed by atoms with Crippen molar-refractivity contribution in [1.29, 1.82) is 0 Å². The number of fused-ring (bicyclic) bond motifs is 3. The van der Waals surface area contributed by atoms with Crippen molar-refractivity contribution < 1.29 is 42.1 Å². The molecule has 1 aliphatic carbocycles. The van der Waals surface area contributed by atoms with E-state index in [0.29, 0.717) is 0 Å². The largest absolute Gasteiger partial charge is 0.467 e. The molecule has 2 aromatic carbocycles. The maximum atomic E-state index is 14.0. The van der Waals surface area contributed by atoms with Crippen LogP contribution in [0.4, 0.5) is 18.4 Å². The van der Waals surface area contributed by atoms with Crippen LogP contribution in [0.1, 0.15) is 23.5 Å². The maximum absolute atomic E-state index is 14.0. The Labute approximate surface area is 224 Å². The van der Waals surface area contributed by atoms with E-state index in [-0.39, 0.29) is 32.3 Å². The van der Waals surface area contributed by atoms with Crippen LogP contribution < -0.4 is 5.32 Å². The minimum atomic E-state index is -3.11. The average molecular weight is 545 g/mol. The number of esters is 1. The number of nitrogens with zero attached hydrogens (tertiary/aromatic N) is 1. The first kappa shape index (κ1) is 28.0. The zero-order valence-corrected chi connectivity index (χ0v) is 21.4. The van der Waals surface area contributed by atoms with Crippen molar-refractivity contribution in [3.8, 4) is 11.1 Å². The van der Waals surface area contributed by atoms with Crippen molar-refractivity contribution in [2.45, 2.75) is 30.3 Å². The number of ether oxygens (including phenoxy) is 4. The van der Waals surface area contributed by atoms with Gasteiger partial charge in [-0.2, -0.15) is 0 Å². The van der Waals surface area contributed by atoms with Crippen LogP contribution in [0.2, 0.25) is 0 Å².